The van der Waals surface area contributed by atoms with E-state index in [0.717, 1.165) is 15.0 Å². The molecule has 0 aromatic heterocycles. The van der Waals surface area contributed by atoms with Crippen LogP contribution in [0.2, 0.25) is 0 Å². The molecule has 3 N–H and O–H groups in total. The molecule has 0 spiro atoms. The molecule has 4 aromatic rings. The molecule has 1 aliphatic heterocycles. The largest absolute Gasteiger partial charge is 0.508 e. The molecule has 4 aromatic carbocycles. The number of hydrogen-bond donors (Lipinski definition) is 3. The van der Waals surface area contributed by atoms with Crippen LogP contribution in [0.1, 0.15) is 22.3 Å². The summed E-state index contributed by atoms with van der Waals surface area (Å²) in [7, 11) is -4.52. The normalized spacial score (nSPS) is 17.8. The minimum atomic E-state index is -4.52. The van der Waals surface area contributed by atoms with E-state index < -0.39 is 34.7 Å². The van der Waals surface area contributed by atoms with Crippen LogP contribution < -0.4 is 0 Å². The van der Waals surface area contributed by atoms with E-state index in [1.165, 1.54) is 47.4 Å². The van der Waals surface area contributed by atoms with Crippen molar-refractivity contribution in [2.24, 2.45) is 0 Å². The van der Waals surface area contributed by atoms with E-state index in [2.05, 4.69) is 0 Å². The summed E-state index contributed by atoms with van der Waals surface area (Å²) in [6.07, 6.45) is -1.09. The zero-order valence-electron chi connectivity index (χ0n) is 23.1. The van der Waals surface area contributed by atoms with Gasteiger partial charge in [0.15, 0.2) is 0 Å². The number of phenolic OH excluding ortho intramolecular Hbond substituents is 2. The number of aliphatic hydroxyl groups excluding tert-OH is 1. The Kier molecular flexibility index (Phi) is 8.63. The predicted molar refractivity (Wildman–Crippen MR) is 158 cm³/mol. The van der Waals surface area contributed by atoms with E-state index in [4.69, 9.17) is 0 Å². The first-order valence-electron chi connectivity index (χ1n) is 13.5. The SMILES string of the molecule is N#Cc1ccccc1S(=O)(=O)N1CC(O)C(Cc2ccccc2)N(Cc2ccc(O)cc2)C(=O)N1Cc1ccc(O)cc1. The predicted octanol–water partition coefficient (Wildman–Crippen LogP) is 3.99. The van der Waals surface area contributed by atoms with Crippen LogP contribution in [0.3, 0.4) is 0 Å². The number of phenols is 2. The lowest BCUT2D eigenvalue weighted by Gasteiger charge is -2.36. The monoisotopic (exact) mass is 598 g/mol. The molecular formula is C32H30N4O6S. The smallest absolute Gasteiger partial charge is 0.336 e. The van der Waals surface area contributed by atoms with Crippen molar-refractivity contribution in [2.75, 3.05) is 6.54 Å². The van der Waals surface area contributed by atoms with Crippen LogP contribution in [0.15, 0.2) is 108 Å². The van der Waals surface area contributed by atoms with Crippen LogP contribution in [0, 0.1) is 11.3 Å². The second kappa shape index (κ2) is 12.5. The van der Waals surface area contributed by atoms with Gasteiger partial charge in [-0.15, -0.1) is 4.41 Å². The molecule has 1 fully saturated rings. The molecule has 2 amide bonds. The van der Waals surface area contributed by atoms with Gasteiger partial charge in [-0.1, -0.05) is 66.7 Å². The minimum absolute atomic E-state index is 0.00525. The van der Waals surface area contributed by atoms with Gasteiger partial charge >= 0.3 is 6.03 Å². The summed E-state index contributed by atoms with van der Waals surface area (Å²) >= 11 is 0. The molecule has 0 saturated carbocycles. The number of nitriles is 1. The van der Waals surface area contributed by atoms with Gasteiger partial charge in [-0.3, -0.25) is 0 Å². The molecule has 43 heavy (non-hydrogen) atoms. The standard InChI is InChI=1S/C32H30N4O6S/c33-19-26-8-4-5-9-31(26)43(41,42)36-22-30(39)29(18-23-6-2-1-3-7-23)34(20-24-10-14-27(37)15-11-24)32(40)35(36)21-25-12-16-28(38)17-13-25/h1-17,29-30,37-39H,18,20-22H2. The summed E-state index contributed by atoms with van der Waals surface area (Å²) in [6.45, 7) is -0.651. The molecule has 1 heterocycles. The number of β-amino-alcohol motifs (C(OH)–C–C–N with tert-alkyl or cyclic N) is 1. The highest BCUT2D eigenvalue weighted by molar-refractivity contribution is 7.89. The second-order valence-electron chi connectivity index (χ2n) is 10.2. The summed E-state index contributed by atoms with van der Waals surface area (Å²) in [4.78, 5) is 15.7. The van der Waals surface area contributed by atoms with E-state index >= 15 is 0 Å². The first kappa shape index (κ1) is 29.6. The number of urea groups is 1. The van der Waals surface area contributed by atoms with E-state index in [-0.39, 0.29) is 41.5 Å². The van der Waals surface area contributed by atoms with Crippen LogP contribution in [0.4, 0.5) is 4.79 Å². The number of carbonyl (C=O) groups excluding carboxylic acids is 1. The average Bonchev–Trinajstić information content (AvgIpc) is 3.10. The summed E-state index contributed by atoms with van der Waals surface area (Å²) in [5.41, 5.74) is 1.93. The average molecular weight is 599 g/mol. The fourth-order valence-electron chi connectivity index (χ4n) is 5.10. The fourth-order valence-corrected chi connectivity index (χ4v) is 6.71. The number of carbonyl (C=O) groups is 1. The van der Waals surface area contributed by atoms with Crippen molar-refractivity contribution in [2.45, 2.75) is 36.6 Å². The summed E-state index contributed by atoms with van der Waals surface area (Å²) in [6, 6.07) is 27.7. The molecule has 0 radical (unpaired) electrons. The van der Waals surface area contributed by atoms with Crippen LogP contribution >= 0.6 is 0 Å². The highest BCUT2D eigenvalue weighted by Crippen LogP contribution is 2.30. The molecule has 11 heteroatoms. The van der Waals surface area contributed by atoms with Crippen LogP contribution in [0.5, 0.6) is 11.5 Å². The molecular weight excluding hydrogens is 568 g/mol. The number of aliphatic hydroxyl groups is 1. The third-order valence-electron chi connectivity index (χ3n) is 7.33. The Bertz CT molecular complexity index is 1720. The molecule has 1 aliphatic rings. The zero-order valence-corrected chi connectivity index (χ0v) is 23.9. The number of hydrazine groups is 1. The third-order valence-corrected chi connectivity index (χ3v) is 9.14. The van der Waals surface area contributed by atoms with Crippen molar-refractivity contribution < 1.29 is 28.5 Å². The van der Waals surface area contributed by atoms with E-state index in [1.807, 2.05) is 36.4 Å². The molecule has 1 saturated heterocycles. The van der Waals surface area contributed by atoms with Gasteiger partial charge in [-0.25, -0.2) is 18.2 Å². The summed E-state index contributed by atoms with van der Waals surface area (Å²) in [5, 5.41) is 42.0. The maximum atomic E-state index is 14.5. The van der Waals surface area contributed by atoms with Gasteiger partial charge in [-0.2, -0.15) is 5.26 Å². The lowest BCUT2D eigenvalue weighted by molar-refractivity contribution is 0.0549. The number of sulfonamides is 1. The van der Waals surface area contributed by atoms with Gasteiger partial charge in [0.25, 0.3) is 10.0 Å². The lowest BCUT2D eigenvalue weighted by Crippen LogP contribution is -2.52. The van der Waals surface area contributed by atoms with Gasteiger partial charge in [-0.05, 0) is 59.5 Å². The van der Waals surface area contributed by atoms with E-state index in [0.29, 0.717) is 11.1 Å². The minimum Gasteiger partial charge on any atom is -0.508 e. The Hall–Kier alpha value is -4.89. The molecule has 220 valence electrons. The number of aromatic hydroxyl groups is 2. The molecule has 10 nitrogen and oxygen atoms in total. The van der Waals surface area contributed by atoms with Crippen LogP contribution in [-0.2, 0) is 29.5 Å². The first-order valence-corrected chi connectivity index (χ1v) is 15.0. The molecule has 0 aliphatic carbocycles. The Labute approximate surface area is 249 Å². The van der Waals surface area contributed by atoms with Crippen molar-refractivity contribution in [3.05, 3.63) is 125 Å². The van der Waals surface area contributed by atoms with Gasteiger partial charge in [0, 0.05) is 6.54 Å². The summed E-state index contributed by atoms with van der Waals surface area (Å²) in [5.74, 6) is 0.0554. The second-order valence-corrected chi connectivity index (χ2v) is 12.1. The van der Waals surface area contributed by atoms with Crippen molar-refractivity contribution in [1.82, 2.24) is 14.3 Å². The van der Waals surface area contributed by atoms with Gasteiger partial charge in [0.05, 0.1) is 30.8 Å². The Balaban J connectivity index is 1.64. The van der Waals surface area contributed by atoms with E-state index in [1.54, 1.807) is 30.3 Å². The number of benzene rings is 4. The molecule has 0 bridgehead atoms. The Morgan fingerprint density at radius 2 is 1.33 bits per heavy atom. The highest BCUT2D eigenvalue weighted by atomic mass is 32.2. The quantitative estimate of drug-likeness (QED) is 0.278. The first-order chi connectivity index (χ1) is 20.7. The Morgan fingerprint density at radius 3 is 1.93 bits per heavy atom. The molecule has 2 atom stereocenters. The number of hydrogen-bond acceptors (Lipinski definition) is 7. The third kappa shape index (κ3) is 6.47. The Morgan fingerprint density at radius 1 is 0.767 bits per heavy atom. The fraction of sp³-hybridized carbons (Fsp3) is 0.188. The lowest BCUT2D eigenvalue weighted by atomic mass is 9.99. The van der Waals surface area contributed by atoms with Crippen LogP contribution in [0.25, 0.3) is 0 Å². The number of amides is 2. The van der Waals surface area contributed by atoms with Gasteiger partial charge in [0.2, 0.25) is 0 Å². The summed E-state index contributed by atoms with van der Waals surface area (Å²) < 4.78 is 29.3. The van der Waals surface area contributed by atoms with Crippen molar-refractivity contribution in [3.8, 4) is 17.6 Å². The van der Waals surface area contributed by atoms with Gasteiger partial charge < -0.3 is 20.2 Å². The van der Waals surface area contributed by atoms with Crippen molar-refractivity contribution in [3.63, 3.8) is 0 Å². The maximum absolute atomic E-state index is 14.5. The maximum Gasteiger partial charge on any atom is 0.336 e. The topological polar surface area (TPSA) is 145 Å². The van der Waals surface area contributed by atoms with E-state index in [9.17, 15) is 33.8 Å². The van der Waals surface area contributed by atoms with Gasteiger partial charge in [0.1, 0.15) is 22.5 Å². The zero-order chi connectivity index (χ0) is 30.6. The number of nitrogens with zero attached hydrogens (tertiary/aromatic N) is 4. The molecule has 2 unspecified atom stereocenters. The molecule has 5 rings (SSSR count). The number of rotatable bonds is 8. The van der Waals surface area contributed by atoms with Crippen LogP contribution in [-0.4, -0.2) is 62.8 Å². The van der Waals surface area contributed by atoms with Crippen molar-refractivity contribution >= 4 is 16.1 Å². The van der Waals surface area contributed by atoms with Crippen molar-refractivity contribution in [1.29, 1.82) is 5.26 Å². The highest BCUT2D eigenvalue weighted by Gasteiger charge is 2.45.